The first kappa shape index (κ1) is 65.5. The van der Waals surface area contributed by atoms with E-state index in [2.05, 4.69) is 380 Å². The Morgan fingerprint density at radius 2 is 0.736 bits per heavy atom. The van der Waals surface area contributed by atoms with Crippen molar-refractivity contribution in [2.75, 3.05) is 56.6 Å². The van der Waals surface area contributed by atoms with Crippen LogP contribution in [-0.4, -0.2) is 38.9 Å². The number of hydrogen-bond donors (Lipinski definition) is 1. The standard InChI is InChI=1S/C93H67B3N8OS5/c1-57-39-43-64(44-40-57)100(65-45-41-58(2)42-46-65)66-47-76-87-80(48-66)101(63-33-19-10-20-34-63)90-69-35-21-23-37-85(69)109-92(90)95(87)71-53-72-77(55-75(71)97-76)102(106-3)81-49-67(98(59-25-11-6-12-26-59)60-27-13-7-14-28-60)50-82-88(81)94(72)73-54-74-79(56-78(73)103(82)107-4)104(108-5)83-51-68(99(61-29-15-8-16-30-61)62-31-17-9-18-32-62)52-84-89(83)96(74)93-91(105-84)70-36-22-24-38-86(70)110-93/h6-56,97H,1-5H3. The molecule has 6 aliphatic rings. The van der Waals surface area contributed by atoms with Crippen molar-refractivity contribution in [2.45, 2.75) is 13.8 Å². The summed E-state index contributed by atoms with van der Waals surface area (Å²) in [5.74, 6) is 1.80. The molecule has 9 nitrogen and oxygen atoms in total. The van der Waals surface area contributed by atoms with E-state index in [1.807, 2.05) is 22.7 Å². The van der Waals surface area contributed by atoms with Crippen molar-refractivity contribution in [1.82, 2.24) is 0 Å². The molecule has 0 unspecified atom stereocenters. The van der Waals surface area contributed by atoms with Crippen LogP contribution in [0.25, 0.3) is 20.2 Å². The highest BCUT2D eigenvalue weighted by atomic mass is 32.2. The Kier molecular flexibility index (Phi) is 15.4. The zero-order chi connectivity index (χ0) is 73.1. The molecule has 2 aromatic heterocycles. The van der Waals surface area contributed by atoms with Crippen LogP contribution in [0.4, 0.5) is 114 Å². The number of para-hydroxylation sites is 5. The van der Waals surface area contributed by atoms with Crippen molar-refractivity contribution in [2.24, 2.45) is 0 Å². The Bertz CT molecular complexity index is 6290. The molecule has 22 rings (SSSR count). The molecular formula is C93H67B3N8OS5. The number of anilines is 20. The molecule has 0 saturated carbocycles. The summed E-state index contributed by atoms with van der Waals surface area (Å²) in [4.78, 5) is 9.82. The fourth-order valence-electron chi connectivity index (χ4n) is 18.2. The maximum absolute atomic E-state index is 7.54. The van der Waals surface area contributed by atoms with Gasteiger partial charge in [-0.15, -0.1) is 22.7 Å². The fraction of sp³-hybridized carbons (Fsp3) is 0.0538. The van der Waals surface area contributed by atoms with Crippen molar-refractivity contribution in [3.05, 3.63) is 321 Å². The molecule has 14 aromatic carbocycles. The summed E-state index contributed by atoms with van der Waals surface area (Å²) in [6.45, 7) is 3.80. The maximum atomic E-state index is 7.54. The van der Waals surface area contributed by atoms with Crippen molar-refractivity contribution in [1.29, 1.82) is 0 Å². The quantitative estimate of drug-likeness (QED) is 0.0884. The minimum Gasteiger partial charge on any atom is -0.457 e. The van der Waals surface area contributed by atoms with Gasteiger partial charge in [-0.2, -0.15) is 0 Å². The molecule has 0 saturated heterocycles. The lowest BCUT2D eigenvalue weighted by atomic mass is 9.30. The molecule has 0 aliphatic carbocycles. The van der Waals surface area contributed by atoms with Gasteiger partial charge in [-0.05, 0) is 234 Å². The zero-order valence-electron chi connectivity index (χ0n) is 60.8. The Morgan fingerprint density at radius 3 is 1.27 bits per heavy atom. The van der Waals surface area contributed by atoms with E-state index in [9.17, 15) is 0 Å². The number of rotatable bonds is 13. The number of fused-ring (bicyclic) bond motifs is 16. The molecule has 16 aromatic rings. The Morgan fingerprint density at radius 1 is 0.327 bits per heavy atom. The van der Waals surface area contributed by atoms with Gasteiger partial charge < -0.3 is 29.7 Å². The number of benzene rings is 14. The highest BCUT2D eigenvalue weighted by molar-refractivity contribution is 8.01. The van der Waals surface area contributed by atoms with E-state index < -0.39 is 0 Å². The predicted octanol–water partition coefficient (Wildman–Crippen LogP) is 20.8. The fourth-order valence-corrected chi connectivity index (χ4v) is 22.9. The lowest BCUT2D eigenvalue weighted by Crippen LogP contribution is -2.65. The molecule has 0 fully saturated rings. The molecular weight excluding hydrogens is 1440 g/mol. The Hall–Kier alpha value is -11.6. The van der Waals surface area contributed by atoms with Gasteiger partial charge in [0, 0.05) is 128 Å². The van der Waals surface area contributed by atoms with Crippen molar-refractivity contribution >= 4 is 260 Å². The zero-order valence-corrected chi connectivity index (χ0v) is 64.8. The van der Waals surface area contributed by atoms with Crippen LogP contribution >= 0.6 is 58.5 Å². The molecule has 0 bridgehead atoms. The summed E-state index contributed by atoms with van der Waals surface area (Å²) < 4.78 is 20.2. The molecule has 17 heteroatoms. The van der Waals surface area contributed by atoms with E-state index in [-0.39, 0.29) is 20.1 Å². The van der Waals surface area contributed by atoms with E-state index in [0.29, 0.717) is 0 Å². The minimum absolute atomic E-state index is 0.149. The molecule has 110 heavy (non-hydrogen) atoms. The SMILES string of the molecule is CSN1c2cc3c(cc2B2c4sc5ccccc5c4Oc4cc(N(c5ccccc5)c5ccccc5)cc1c42)B1c2cc4c(cc2N(SC)c2cc(N(c5ccccc5)c5ccccc5)cc(c21)N3SC)Nc1cc(N(c2ccc(C)cc2)c2ccc(C)cc2)cc2c1B4c1sc3ccccc3c1N2c1ccccc1. The minimum atomic E-state index is -0.228. The van der Waals surface area contributed by atoms with Crippen LogP contribution in [0.3, 0.4) is 0 Å². The van der Waals surface area contributed by atoms with E-state index >= 15 is 0 Å². The summed E-state index contributed by atoms with van der Waals surface area (Å²) in [6.07, 6.45) is 6.75. The largest absolute Gasteiger partial charge is 0.457 e. The molecule has 524 valence electrons. The Balaban J connectivity index is 0.812. The smallest absolute Gasteiger partial charge is 0.268 e. The first-order valence-electron chi connectivity index (χ1n) is 37.2. The van der Waals surface area contributed by atoms with Crippen LogP contribution < -0.4 is 90.4 Å². The van der Waals surface area contributed by atoms with E-state index in [0.717, 1.165) is 125 Å². The topological polar surface area (TPSA) is 43.9 Å². The van der Waals surface area contributed by atoms with E-state index in [4.69, 9.17) is 4.74 Å². The number of ether oxygens (including phenoxy) is 1. The second-order valence-corrected chi connectivity index (χ2v) is 33.3. The lowest BCUT2D eigenvalue weighted by molar-refractivity contribution is 0.495. The molecule has 0 amide bonds. The lowest BCUT2D eigenvalue weighted by Gasteiger charge is -2.46. The van der Waals surface area contributed by atoms with Crippen molar-refractivity contribution in [3.8, 4) is 11.5 Å². The summed E-state index contributed by atoms with van der Waals surface area (Å²) in [5.41, 5.74) is 33.4. The van der Waals surface area contributed by atoms with Crippen LogP contribution in [-0.2, 0) is 0 Å². The number of nitrogens with zero attached hydrogens (tertiary/aromatic N) is 7. The molecule has 0 spiro atoms. The highest BCUT2D eigenvalue weighted by Crippen LogP contribution is 2.54. The molecule has 0 radical (unpaired) electrons. The van der Waals surface area contributed by atoms with Gasteiger partial charge in [0.05, 0.1) is 39.8 Å². The summed E-state index contributed by atoms with van der Waals surface area (Å²) in [7, 11) is 0. The summed E-state index contributed by atoms with van der Waals surface area (Å²) in [6, 6.07) is 115. The summed E-state index contributed by atoms with van der Waals surface area (Å²) >= 11 is 9.13. The van der Waals surface area contributed by atoms with Crippen LogP contribution in [0.5, 0.6) is 11.5 Å². The van der Waals surface area contributed by atoms with E-state index in [1.165, 1.54) is 79.4 Å². The van der Waals surface area contributed by atoms with Crippen molar-refractivity contribution in [3.63, 3.8) is 0 Å². The molecule has 1 N–H and O–H groups in total. The van der Waals surface area contributed by atoms with Gasteiger partial charge in [0.2, 0.25) is 0 Å². The third-order valence-electron chi connectivity index (χ3n) is 22.8. The third kappa shape index (κ3) is 10.00. The number of hydrogen-bond acceptors (Lipinski definition) is 14. The van der Waals surface area contributed by atoms with Crippen LogP contribution in [0, 0.1) is 13.8 Å². The van der Waals surface area contributed by atoms with Crippen LogP contribution in [0.15, 0.2) is 309 Å². The summed E-state index contributed by atoms with van der Waals surface area (Å²) in [5, 5.41) is 6.70. The monoisotopic (exact) mass is 1500 g/mol. The molecule has 6 aliphatic heterocycles. The van der Waals surface area contributed by atoms with Gasteiger partial charge in [0.1, 0.15) is 11.5 Å². The normalized spacial score (nSPS) is 13.4. The van der Waals surface area contributed by atoms with Gasteiger partial charge in [-0.25, -0.2) is 0 Å². The molecule has 0 atom stereocenters. The average molecular weight is 1510 g/mol. The van der Waals surface area contributed by atoms with Gasteiger partial charge in [-0.1, -0.05) is 169 Å². The Labute approximate surface area is 662 Å². The van der Waals surface area contributed by atoms with Crippen LogP contribution in [0.1, 0.15) is 11.1 Å². The number of nitrogens with one attached hydrogen (secondary N) is 1. The number of aryl methyl sites for hydroxylation is 2. The molecule has 8 heterocycles. The first-order chi connectivity index (χ1) is 54.2. The van der Waals surface area contributed by atoms with Crippen LogP contribution in [0.2, 0.25) is 0 Å². The second kappa shape index (κ2) is 25.8. The predicted molar refractivity (Wildman–Crippen MR) is 482 cm³/mol. The van der Waals surface area contributed by atoms with Gasteiger partial charge in [-0.3, -0.25) is 12.9 Å². The number of thiophene rings is 2. The first-order valence-corrected chi connectivity index (χ1v) is 42.4. The third-order valence-corrected chi connectivity index (χ3v) is 27.5. The van der Waals surface area contributed by atoms with Gasteiger partial charge in [0.15, 0.2) is 0 Å². The average Bonchev–Trinajstić information content (AvgIpc) is 1.07. The van der Waals surface area contributed by atoms with Gasteiger partial charge in [0.25, 0.3) is 20.1 Å². The second-order valence-electron chi connectivity index (χ2n) is 28.9. The van der Waals surface area contributed by atoms with Crippen molar-refractivity contribution < 1.29 is 4.74 Å². The van der Waals surface area contributed by atoms with E-state index in [1.54, 1.807) is 35.8 Å². The van der Waals surface area contributed by atoms with Gasteiger partial charge >= 0.3 is 0 Å². The highest BCUT2D eigenvalue weighted by Gasteiger charge is 2.51. The maximum Gasteiger partial charge on any atom is 0.268 e.